The number of allylic oxidation sites excluding steroid dienone is 2. The van der Waals surface area contributed by atoms with Crippen LogP contribution in [0, 0.1) is 0 Å². The Labute approximate surface area is 179 Å². The highest BCUT2D eigenvalue weighted by atomic mass is 16.3. The van der Waals surface area contributed by atoms with Crippen molar-refractivity contribution in [1.29, 1.82) is 0 Å². The highest BCUT2D eigenvalue weighted by Crippen LogP contribution is 2.16. The maximum atomic E-state index is 12.7. The van der Waals surface area contributed by atoms with E-state index in [9.17, 15) is 14.4 Å². The van der Waals surface area contributed by atoms with Gasteiger partial charge in [-0.3, -0.25) is 14.4 Å². The van der Waals surface area contributed by atoms with Gasteiger partial charge in [0.1, 0.15) is 11.5 Å². The van der Waals surface area contributed by atoms with Gasteiger partial charge in [0.15, 0.2) is 0 Å². The number of anilines is 1. The summed E-state index contributed by atoms with van der Waals surface area (Å²) in [4.78, 5) is 44.1. The normalized spacial score (nSPS) is 12.7. The van der Waals surface area contributed by atoms with Gasteiger partial charge in [0.25, 0.3) is 5.56 Å². The van der Waals surface area contributed by atoms with Crippen LogP contribution in [0.2, 0.25) is 0 Å². The molecule has 0 atom stereocenters. The summed E-state index contributed by atoms with van der Waals surface area (Å²) in [5.74, 6) is 0.167. The second-order valence-corrected chi connectivity index (χ2v) is 7.20. The number of amides is 2. The standard InChI is InChI=1S/C22H27N5O4/c28-14-12-23-20(29)10-2-1-3-11-21(30)26-18-9-6-13-27(22(18)31)15-19-24-16-7-4-5-8-17(16)25-19/h2,4,6-7,9-10,13,28H,1,3,5,8,11-12,14-15H2,(H,23,29)(H,24,25)(H,26,30)/b10-2+. The van der Waals surface area contributed by atoms with Crippen LogP contribution >= 0.6 is 0 Å². The largest absolute Gasteiger partial charge is 0.395 e. The molecule has 4 N–H and O–H groups in total. The van der Waals surface area contributed by atoms with Crippen LogP contribution < -0.4 is 16.2 Å². The minimum atomic E-state index is -0.291. The number of aliphatic hydroxyl groups is 1. The molecule has 0 aromatic carbocycles. The first-order chi connectivity index (χ1) is 15.1. The number of H-pyrrole nitrogens is 1. The lowest BCUT2D eigenvalue weighted by Crippen LogP contribution is -2.26. The molecule has 0 spiro atoms. The Morgan fingerprint density at radius 1 is 1.35 bits per heavy atom. The molecule has 0 aliphatic heterocycles. The summed E-state index contributed by atoms with van der Waals surface area (Å²) >= 11 is 0. The first-order valence-corrected chi connectivity index (χ1v) is 10.4. The molecule has 9 nitrogen and oxygen atoms in total. The average Bonchev–Trinajstić information content (AvgIpc) is 3.17. The molecule has 2 aromatic rings. The topological polar surface area (TPSA) is 129 Å². The number of aromatic amines is 1. The van der Waals surface area contributed by atoms with Crippen molar-refractivity contribution in [1.82, 2.24) is 19.9 Å². The molecule has 1 aliphatic rings. The van der Waals surface area contributed by atoms with Crippen LogP contribution in [0.25, 0.3) is 6.08 Å². The van der Waals surface area contributed by atoms with E-state index in [1.54, 1.807) is 24.4 Å². The number of rotatable bonds is 10. The fourth-order valence-corrected chi connectivity index (χ4v) is 3.24. The van der Waals surface area contributed by atoms with Crippen molar-refractivity contribution < 1.29 is 14.7 Å². The number of carbonyl (C=O) groups is 2. The zero-order valence-electron chi connectivity index (χ0n) is 17.3. The van der Waals surface area contributed by atoms with Crippen LogP contribution in [0.4, 0.5) is 5.69 Å². The van der Waals surface area contributed by atoms with Gasteiger partial charge in [-0.2, -0.15) is 0 Å². The lowest BCUT2D eigenvalue weighted by molar-refractivity contribution is -0.117. The molecule has 2 aromatic heterocycles. The van der Waals surface area contributed by atoms with Gasteiger partial charge in [0.05, 0.1) is 18.8 Å². The molecular formula is C22H27N5O4. The number of aromatic nitrogens is 3. The van der Waals surface area contributed by atoms with Gasteiger partial charge in [-0.15, -0.1) is 0 Å². The Morgan fingerprint density at radius 3 is 3.03 bits per heavy atom. The van der Waals surface area contributed by atoms with Crippen molar-refractivity contribution >= 4 is 23.6 Å². The Balaban J connectivity index is 1.50. The zero-order chi connectivity index (χ0) is 22.1. The summed E-state index contributed by atoms with van der Waals surface area (Å²) in [5, 5.41) is 13.8. The molecule has 0 bridgehead atoms. The molecule has 9 heteroatoms. The van der Waals surface area contributed by atoms with Gasteiger partial charge < -0.3 is 25.3 Å². The Hall–Kier alpha value is -3.46. The molecule has 0 saturated carbocycles. The van der Waals surface area contributed by atoms with Crippen molar-refractivity contribution in [2.24, 2.45) is 0 Å². The van der Waals surface area contributed by atoms with E-state index >= 15 is 0 Å². The average molecular weight is 425 g/mol. The highest BCUT2D eigenvalue weighted by molar-refractivity contribution is 5.90. The SMILES string of the molecule is O=C(/C=C/CCCC(=O)Nc1cccn(Cc2nc3c([nH]2)CCC=C3)c1=O)NCCO. The number of pyridine rings is 1. The van der Waals surface area contributed by atoms with Crippen LogP contribution in [0.5, 0.6) is 0 Å². The van der Waals surface area contributed by atoms with Crippen molar-refractivity contribution in [3.63, 3.8) is 0 Å². The van der Waals surface area contributed by atoms with Crippen molar-refractivity contribution in [3.05, 3.63) is 64.1 Å². The van der Waals surface area contributed by atoms with Gasteiger partial charge in [-0.05, 0) is 50.0 Å². The number of imidazole rings is 1. The molecule has 0 radical (unpaired) electrons. The van der Waals surface area contributed by atoms with Crippen LogP contribution in [0.15, 0.2) is 41.4 Å². The third-order valence-corrected chi connectivity index (χ3v) is 4.77. The van der Waals surface area contributed by atoms with Gasteiger partial charge in [0.2, 0.25) is 11.8 Å². The summed E-state index contributed by atoms with van der Waals surface area (Å²) in [6.07, 6.45) is 12.0. The van der Waals surface area contributed by atoms with Crippen molar-refractivity contribution in [2.45, 2.75) is 38.6 Å². The van der Waals surface area contributed by atoms with Crippen LogP contribution in [-0.2, 0) is 22.6 Å². The number of carbonyl (C=O) groups excluding carboxylic acids is 2. The number of fused-ring (bicyclic) bond motifs is 1. The maximum absolute atomic E-state index is 12.7. The zero-order valence-corrected chi connectivity index (χ0v) is 17.3. The summed E-state index contributed by atoms with van der Waals surface area (Å²) in [5.41, 5.74) is 1.93. The van der Waals surface area contributed by atoms with E-state index in [0.717, 1.165) is 24.2 Å². The Morgan fingerprint density at radius 2 is 2.23 bits per heavy atom. The second kappa shape index (κ2) is 11.1. The number of aliphatic hydroxyl groups excluding tert-OH is 1. The van der Waals surface area contributed by atoms with E-state index < -0.39 is 0 Å². The summed E-state index contributed by atoms with van der Waals surface area (Å²) < 4.78 is 1.51. The minimum Gasteiger partial charge on any atom is -0.395 e. The predicted molar refractivity (Wildman–Crippen MR) is 117 cm³/mol. The molecule has 2 amide bonds. The van der Waals surface area contributed by atoms with E-state index in [-0.39, 0.29) is 42.6 Å². The molecule has 0 unspecified atom stereocenters. The molecule has 1 aliphatic carbocycles. The van der Waals surface area contributed by atoms with E-state index in [2.05, 4.69) is 26.7 Å². The number of unbranched alkanes of at least 4 members (excludes halogenated alkanes) is 1. The van der Waals surface area contributed by atoms with Crippen molar-refractivity contribution in [2.75, 3.05) is 18.5 Å². The smallest absolute Gasteiger partial charge is 0.274 e. The monoisotopic (exact) mass is 425 g/mol. The Bertz CT molecular complexity index is 1030. The lowest BCUT2D eigenvalue weighted by atomic mass is 10.1. The number of aryl methyl sites for hydroxylation is 1. The number of nitrogens with zero attached hydrogens (tertiary/aromatic N) is 2. The third-order valence-electron chi connectivity index (χ3n) is 4.77. The number of hydrogen-bond donors (Lipinski definition) is 4. The van der Waals surface area contributed by atoms with E-state index in [0.29, 0.717) is 25.2 Å². The van der Waals surface area contributed by atoms with Gasteiger partial charge in [-0.1, -0.05) is 12.2 Å². The van der Waals surface area contributed by atoms with E-state index in [4.69, 9.17) is 5.11 Å². The fourth-order valence-electron chi connectivity index (χ4n) is 3.24. The van der Waals surface area contributed by atoms with E-state index in [1.807, 2.05) is 6.08 Å². The van der Waals surface area contributed by atoms with Crippen LogP contribution in [0.1, 0.15) is 42.9 Å². The first kappa shape index (κ1) is 22.2. The Kier molecular flexibility index (Phi) is 7.94. The minimum absolute atomic E-state index is 0.109. The summed E-state index contributed by atoms with van der Waals surface area (Å²) in [7, 11) is 0. The number of hydrogen-bond acceptors (Lipinski definition) is 5. The van der Waals surface area contributed by atoms with Crippen LogP contribution in [-0.4, -0.2) is 44.6 Å². The molecule has 0 saturated heterocycles. The first-order valence-electron chi connectivity index (χ1n) is 10.4. The molecule has 0 fully saturated rings. The van der Waals surface area contributed by atoms with Gasteiger partial charge >= 0.3 is 0 Å². The maximum Gasteiger partial charge on any atom is 0.274 e. The number of nitrogens with one attached hydrogen (secondary N) is 3. The quantitative estimate of drug-likeness (QED) is 0.337. The molecule has 3 rings (SSSR count). The summed E-state index contributed by atoms with van der Waals surface area (Å²) in [6.45, 7) is 0.397. The summed E-state index contributed by atoms with van der Waals surface area (Å²) in [6, 6.07) is 3.30. The molecule has 31 heavy (non-hydrogen) atoms. The molecular weight excluding hydrogens is 398 g/mol. The molecule has 2 heterocycles. The van der Waals surface area contributed by atoms with Gasteiger partial charge in [0, 0.05) is 24.9 Å². The van der Waals surface area contributed by atoms with Gasteiger partial charge in [-0.25, -0.2) is 4.98 Å². The van der Waals surface area contributed by atoms with Crippen molar-refractivity contribution in [3.8, 4) is 0 Å². The molecule has 164 valence electrons. The second-order valence-electron chi connectivity index (χ2n) is 7.20. The van der Waals surface area contributed by atoms with Crippen LogP contribution in [0.3, 0.4) is 0 Å². The predicted octanol–water partition coefficient (Wildman–Crippen LogP) is 1.35. The lowest BCUT2D eigenvalue weighted by Gasteiger charge is -2.08. The van der Waals surface area contributed by atoms with E-state index in [1.165, 1.54) is 10.6 Å². The fraction of sp³-hybridized carbons (Fsp3) is 0.364. The third kappa shape index (κ3) is 6.51. The highest BCUT2D eigenvalue weighted by Gasteiger charge is 2.13.